The molecule has 2 aliphatic carbocycles. The highest BCUT2D eigenvalue weighted by Crippen LogP contribution is 2.60. The van der Waals surface area contributed by atoms with E-state index in [1.165, 1.54) is 6.07 Å². The van der Waals surface area contributed by atoms with Crippen molar-refractivity contribution in [2.75, 3.05) is 0 Å². The molecule has 3 rings (SSSR count). The molecule has 0 amide bonds. The highest BCUT2D eigenvalue weighted by Gasteiger charge is 2.60. The molecule has 1 saturated carbocycles. The Balaban J connectivity index is 2.39. The van der Waals surface area contributed by atoms with Crippen molar-refractivity contribution in [3.8, 4) is 11.5 Å². The second-order valence-corrected chi connectivity index (χ2v) is 8.54. The molecule has 1 aromatic rings. The lowest BCUT2D eigenvalue weighted by atomic mass is 9.49. The van der Waals surface area contributed by atoms with Gasteiger partial charge in [0.1, 0.15) is 16.9 Å². The van der Waals surface area contributed by atoms with E-state index in [4.69, 9.17) is 0 Å². The Kier molecular flexibility index (Phi) is 3.90. The van der Waals surface area contributed by atoms with E-state index in [1.807, 2.05) is 27.7 Å². The first-order chi connectivity index (χ1) is 11.5. The molecule has 136 valence electrons. The molecular formula is C20H26O5. The van der Waals surface area contributed by atoms with E-state index in [0.29, 0.717) is 18.4 Å². The smallest absolute Gasteiger partial charge is 0.314 e. The van der Waals surface area contributed by atoms with Gasteiger partial charge in [-0.05, 0) is 36.2 Å². The van der Waals surface area contributed by atoms with Gasteiger partial charge in [-0.2, -0.15) is 0 Å². The Hall–Kier alpha value is -2.04. The van der Waals surface area contributed by atoms with Crippen molar-refractivity contribution < 1.29 is 24.9 Å². The number of Topliss-reactive ketones (excluding diaryl/α,β-unsaturated/α-hetero) is 1. The maximum Gasteiger partial charge on any atom is 0.314 e. The van der Waals surface area contributed by atoms with E-state index in [2.05, 4.69) is 0 Å². The minimum Gasteiger partial charge on any atom is -0.508 e. The summed E-state index contributed by atoms with van der Waals surface area (Å²) in [6.07, 6.45) is 1.99. The maximum atomic E-state index is 12.9. The van der Waals surface area contributed by atoms with Crippen LogP contribution >= 0.6 is 0 Å². The minimum atomic E-state index is -1.33. The number of hydrogen-bond donors (Lipinski definition) is 3. The molecule has 0 aliphatic heterocycles. The summed E-state index contributed by atoms with van der Waals surface area (Å²) < 4.78 is 0. The van der Waals surface area contributed by atoms with Crippen LogP contribution in [0.25, 0.3) is 0 Å². The largest absolute Gasteiger partial charge is 0.508 e. The molecule has 5 nitrogen and oxygen atoms in total. The molecular weight excluding hydrogens is 320 g/mol. The van der Waals surface area contributed by atoms with Crippen LogP contribution in [0.4, 0.5) is 0 Å². The first-order valence-corrected chi connectivity index (χ1v) is 8.90. The van der Waals surface area contributed by atoms with Crippen molar-refractivity contribution in [3.63, 3.8) is 0 Å². The number of fused-ring (bicyclic) bond motifs is 3. The number of benzene rings is 1. The molecule has 3 N–H and O–H groups in total. The molecule has 1 fully saturated rings. The van der Waals surface area contributed by atoms with Gasteiger partial charge in [0.05, 0.1) is 5.56 Å². The zero-order valence-electron chi connectivity index (χ0n) is 15.2. The fourth-order valence-corrected chi connectivity index (χ4v) is 5.08. The topological polar surface area (TPSA) is 94.8 Å². The average Bonchev–Trinajstić information content (AvgIpc) is 2.50. The lowest BCUT2D eigenvalue weighted by Gasteiger charge is -2.52. The maximum absolute atomic E-state index is 12.9. The molecule has 25 heavy (non-hydrogen) atoms. The van der Waals surface area contributed by atoms with E-state index in [9.17, 15) is 24.9 Å². The van der Waals surface area contributed by atoms with Crippen molar-refractivity contribution >= 4 is 11.8 Å². The van der Waals surface area contributed by atoms with Crippen LogP contribution in [0, 0.1) is 11.3 Å². The Morgan fingerprint density at radius 3 is 2.44 bits per heavy atom. The van der Waals surface area contributed by atoms with Gasteiger partial charge in [-0.25, -0.2) is 0 Å². The van der Waals surface area contributed by atoms with E-state index >= 15 is 0 Å². The van der Waals surface area contributed by atoms with Gasteiger partial charge in [0.25, 0.3) is 0 Å². The predicted molar refractivity (Wildman–Crippen MR) is 93.2 cm³/mol. The third-order valence-electron chi connectivity index (χ3n) is 6.36. The molecule has 0 saturated heterocycles. The van der Waals surface area contributed by atoms with Crippen LogP contribution < -0.4 is 0 Å². The predicted octanol–water partition coefficient (Wildman–Crippen LogP) is 3.96. The quantitative estimate of drug-likeness (QED) is 0.705. The lowest BCUT2D eigenvalue weighted by Crippen LogP contribution is -2.55. The van der Waals surface area contributed by atoms with Crippen molar-refractivity contribution in [1.29, 1.82) is 0 Å². The summed E-state index contributed by atoms with van der Waals surface area (Å²) in [6.45, 7) is 7.69. The monoisotopic (exact) mass is 346 g/mol. The van der Waals surface area contributed by atoms with Gasteiger partial charge in [0, 0.05) is 17.5 Å². The summed E-state index contributed by atoms with van der Waals surface area (Å²) in [5.74, 6) is -2.15. The van der Waals surface area contributed by atoms with Crippen LogP contribution in [0.3, 0.4) is 0 Å². The van der Waals surface area contributed by atoms with Gasteiger partial charge in [-0.1, -0.05) is 34.1 Å². The minimum absolute atomic E-state index is 0.0139. The van der Waals surface area contributed by atoms with Crippen LogP contribution in [-0.2, 0) is 10.2 Å². The molecule has 0 radical (unpaired) electrons. The number of carbonyl (C=O) groups excluding carboxylic acids is 1. The number of carbonyl (C=O) groups is 2. The second-order valence-electron chi connectivity index (χ2n) is 8.54. The Bertz CT molecular complexity index is 762. The summed E-state index contributed by atoms with van der Waals surface area (Å²) in [5.41, 5.74) is -1.06. The number of carboxylic acids is 1. The number of aromatic hydroxyl groups is 2. The van der Waals surface area contributed by atoms with Crippen molar-refractivity contribution in [2.24, 2.45) is 11.3 Å². The van der Waals surface area contributed by atoms with Crippen LogP contribution in [0.1, 0.15) is 80.8 Å². The zero-order chi connectivity index (χ0) is 18.7. The third-order valence-corrected chi connectivity index (χ3v) is 6.36. The van der Waals surface area contributed by atoms with Gasteiger partial charge in [0.15, 0.2) is 5.78 Å². The number of phenolic OH excluding ortho intramolecular Hbond substituents is 2. The fourth-order valence-electron chi connectivity index (χ4n) is 5.08. The second kappa shape index (κ2) is 5.48. The van der Waals surface area contributed by atoms with Crippen LogP contribution in [0.15, 0.2) is 6.07 Å². The van der Waals surface area contributed by atoms with Crippen molar-refractivity contribution in [1.82, 2.24) is 0 Å². The summed E-state index contributed by atoms with van der Waals surface area (Å²) in [6, 6.07) is 1.43. The number of rotatable bonds is 2. The van der Waals surface area contributed by atoms with Crippen LogP contribution in [0.5, 0.6) is 11.5 Å². The third kappa shape index (κ3) is 2.28. The van der Waals surface area contributed by atoms with Gasteiger partial charge >= 0.3 is 5.97 Å². The highest BCUT2D eigenvalue weighted by molar-refractivity contribution is 6.06. The highest BCUT2D eigenvalue weighted by atomic mass is 16.4. The molecule has 2 atom stereocenters. The molecule has 0 heterocycles. The molecule has 1 aromatic carbocycles. The average molecular weight is 346 g/mol. The van der Waals surface area contributed by atoms with Crippen LogP contribution in [0.2, 0.25) is 0 Å². The van der Waals surface area contributed by atoms with Crippen molar-refractivity contribution in [3.05, 3.63) is 22.8 Å². The lowest BCUT2D eigenvalue weighted by molar-refractivity contribution is -0.152. The zero-order valence-corrected chi connectivity index (χ0v) is 15.2. The number of carboxylic acid groups (broad SMARTS) is 1. The van der Waals surface area contributed by atoms with E-state index in [1.54, 1.807) is 0 Å². The molecule has 0 aromatic heterocycles. The summed E-state index contributed by atoms with van der Waals surface area (Å²) in [7, 11) is 0. The number of phenols is 2. The Labute approximate surface area is 147 Å². The standard InChI is InChI=1S/C20H26O5/c1-10(2)11-8-13(22)16-15(17(11)23)12(21)9-14-19(3,4)6-5-7-20(14,16)18(24)25/h8,10,14,22-23H,5-7,9H2,1-4H3,(H,24,25)/t14?,20-/m1/s1. The first kappa shape index (κ1) is 17.8. The SMILES string of the molecule is CC(C)c1cc(O)c2c(c1O)C(=O)CC1C(C)(C)CCC[C@]21C(=O)O. The molecule has 1 unspecified atom stereocenters. The van der Waals surface area contributed by atoms with Crippen LogP contribution in [-0.4, -0.2) is 27.1 Å². The molecule has 0 bridgehead atoms. The van der Waals surface area contributed by atoms with E-state index in [0.717, 1.165) is 6.42 Å². The van der Waals surface area contributed by atoms with E-state index in [-0.39, 0.29) is 46.2 Å². The number of aliphatic carboxylic acids is 1. The number of hydrogen-bond acceptors (Lipinski definition) is 4. The van der Waals surface area contributed by atoms with Gasteiger partial charge in [-0.15, -0.1) is 0 Å². The van der Waals surface area contributed by atoms with Gasteiger partial charge < -0.3 is 15.3 Å². The Morgan fingerprint density at radius 2 is 1.88 bits per heavy atom. The van der Waals surface area contributed by atoms with Gasteiger partial charge in [0.2, 0.25) is 0 Å². The van der Waals surface area contributed by atoms with E-state index < -0.39 is 17.3 Å². The summed E-state index contributed by atoms with van der Waals surface area (Å²) in [5, 5.41) is 31.6. The fraction of sp³-hybridized carbons (Fsp3) is 0.600. The molecule has 0 spiro atoms. The normalized spacial score (nSPS) is 27.7. The number of ketones is 1. The van der Waals surface area contributed by atoms with Gasteiger partial charge in [-0.3, -0.25) is 9.59 Å². The Morgan fingerprint density at radius 1 is 1.24 bits per heavy atom. The first-order valence-electron chi connectivity index (χ1n) is 8.90. The summed E-state index contributed by atoms with van der Waals surface area (Å²) >= 11 is 0. The summed E-state index contributed by atoms with van der Waals surface area (Å²) in [4.78, 5) is 25.3. The van der Waals surface area contributed by atoms with Crippen molar-refractivity contribution in [2.45, 2.75) is 64.7 Å². The molecule has 5 heteroatoms. The molecule has 2 aliphatic rings.